The van der Waals surface area contributed by atoms with Crippen LogP contribution in [0.4, 0.5) is 5.69 Å². The SMILES string of the molecule is C=C(C)C(=O)Oc1cc(C=O)ccc1[N+](=O)[O-]. The van der Waals surface area contributed by atoms with Crippen molar-refractivity contribution in [2.24, 2.45) is 0 Å². The molecule has 1 aromatic rings. The van der Waals surface area contributed by atoms with E-state index in [2.05, 4.69) is 6.58 Å². The third-order valence-electron chi connectivity index (χ3n) is 1.87. The Morgan fingerprint density at radius 1 is 1.53 bits per heavy atom. The highest BCUT2D eigenvalue weighted by Gasteiger charge is 2.18. The maximum atomic E-state index is 11.3. The first kappa shape index (κ1) is 12.6. The van der Waals surface area contributed by atoms with E-state index in [1.54, 1.807) is 0 Å². The lowest BCUT2D eigenvalue weighted by molar-refractivity contribution is -0.385. The number of hydrogen-bond donors (Lipinski definition) is 0. The number of esters is 1. The van der Waals surface area contributed by atoms with Crippen molar-refractivity contribution in [3.8, 4) is 5.75 Å². The lowest BCUT2D eigenvalue weighted by Gasteiger charge is -2.04. The summed E-state index contributed by atoms with van der Waals surface area (Å²) in [6.45, 7) is 4.77. The zero-order valence-corrected chi connectivity index (χ0v) is 9.00. The number of nitro groups is 1. The number of nitro benzene ring substituents is 1. The first-order valence-corrected chi connectivity index (χ1v) is 4.57. The molecule has 0 aliphatic rings. The highest BCUT2D eigenvalue weighted by Crippen LogP contribution is 2.28. The van der Waals surface area contributed by atoms with Crippen LogP contribution in [0.2, 0.25) is 0 Å². The van der Waals surface area contributed by atoms with Crippen molar-refractivity contribution in [2.75, 3.05) is 0 Å². The summed E-state index contributed by atoms with van der Waals surface area (Å²) < 4.78 is 4.77. The normalized spacial score (nSPS) is 9.47. The van der Waals surface area contributed by atoms with Gasteiger partial charge in [0.2, 0.25) is 5.75 Å². The van der Waals surface area contributed by atoms with Crippen LogP contribution in [-0.4, -0.2) is 17.2 Å². The van der Waals surface area contributed by atoms with Gasteiger partial charge in [-0.3, -0.25) is 14.9 Å². The number of carbonyl (C=O) groups is 2. The topological polar surface area (TPSA) is 86.5 Å². The second-order valence-electron chi connectivity index (χ2n) is 3.27. The molecule has 0 atom stereocenters. The molecule has 0 bridgehead atoms. The standard InChI is InChI=1S/C11H9NO5/c1-7(2)11(14)17-10-5-8(6-13)3-4-9(10)12(15)16/h3-6H,1H2,2H3. The van der Waals surface area contributed by atoms with Gasteiger partial charge in [0.15, 0.2) is 0 Å². The maximum absolute atomic E-state index is 11.3. The van der Waals surface area contributed by atoms with Crippen LogP contribution in [0.5, 0.6) is 5.75 Å². The van der Waals surface area contributed by atoms with Gasteiger partial charge in [0.1, 0.15) is 6.29 Å². The van der Waals surface area contributed by atoms with Crippen molar-refractivity contribution in [1.82, 2.24) is 0 Å². The van der Waals surface area contributed by atoms with E-state index in [0.717, 1.165) is 12.1 Å². The minimum atomic E-state index is -0.781. The number of aldehydes is 1. The predicted octanol–water partition coefficient (Wildman–Crippen LogP) is 1.89. The molecule has 0 heterocycles. The number of carbonyl (C=O) groups excluding carboxylic acids is 2. The first-order valence-electron chi connectivity index (χ1n) is 4.57. The maximum Gasteiger partial charge on any atom is 0.338 e. The molecule has 0 spiro atoms. The monoisotopic (exact) mass is 235 g/mol. The Kier molecular flexibility index (Phi) is 3.71. The van der Waals surface area contributed by atoms with Crippen LogP contribution in [0.3, 0.4) is 0 Å². The molecule has 0 saturated heterocycles. The molecule has 0 saturated carbocycles. The quantitative estimate of drug-likeness (QED) is 0.198. The lowest BCUT2D eigenvalue weighted by Crippen LogP contribution is -2.09. The summed E-state index contributed by atoms with van der Waals surface area (Å²) in [5, 5.41) is 10.7. The van der Waals surface area contributed by atoms with Gasteiger partial charge in [-0.25, -0.2) is 4.79 Å². The van der Waals surface area contributed by atoms with Crippen molar-refractivity contribution < 1.29 is 19.2 Å². The van der Waals surface area contributed by atoms with Crippen LogP contribution in [0, 0.1) is 10.1 Å². The highest BCUT2D eigenvalue weighted by molar-refractivity contribution is 5.89. The fourth-order valence-electron chi connectivity index (χ4n) is 1.02. The molecule has 88 valence electrons. The van der Waals surface area contributed by atoms with E-state index in [1.165, 1.54) is 13.0 Å². The van der Waals surface area contributed by atoms with Gasteiger partial charge in [0, 0.05) is 17.2 Å². The van der Waals surface area contributed by atoms with Gasteiger partial charge >= 0.3 is 11.7 Å². The molecule has 0 unspecified atom stereocenters. The van der Waals surface area contributed by atoms with E-state index in [0.29, 0.717) is 6.29 Å². The Hall–Kier alpha value is -2.50. The third-order valence-corrected chi connectivity index (χ3v) is 1.87. The van der Waals surface area contributed by atoms with Gasteiger partial charge in [-0.15, -0.1) is 0 Å². The molecular formula is C11H9NO5. The summed E-state index contributed by atoms with van der Waals surface area (Å²) in [6, 6.07) is 3.50. The predicted molar refractivity (Wildman–Crippen MR) is 58.9 cm³/mol. The van der Waals surface area contributed by atoms with Gasteiger partial charge in [-0.1, -0.05) is 6.58 Å². The van der Waals surface area contributed by atoms with Gasteiger partial charge in [0.25, 0.3) is 0 Å². The number of rotatable bonds is 4. The molecule has 6 heteroatoms. The molecule has 6 nitrogen and oxygen atoms in total. The van der Waals surface area contributed by atoms with Crippen LogP contribution < -0.4 is 4.74 Å². The highest BCUT2D eigenvalue weighted by atomic mass is 16.6. The fourth-order valence-corrected chi connectivity index (χ4v) is 1.02. The van der Waals surface area contributed by atoms with E-state index in [-0.39, 0.29) is 22.6 Å². The number of ether oxygens (including phenoxy) is 1. The van der Waals surface area contributed by atoms with Gasteiger partial charge in [-0.2, -0.15) is 0 Å². The summed E-state index contributed by atoms with van der Waals surface area (Å²) in [6.07, 6.45) is 0.502. The summed E-state index contributed by atoms with van der Waals surface area (Å²) in [5.74, 6) is -1.05. The van der Waals surface area contributed by atoms with E-state index < -0.39 is 10.9 Å². The second kappa shape index (κ2) is 5.02. The smallest absolute Gasteiger partial charge is 0.338 e. The van der Waals surface area contributed by atoms with Crippen LogP contribution in [0.15, 0.2) is 30.4 Å². The van der Waals surface area contributed by atoms with Gasteiger partial charge in [-0.05, 0) is 19.1 Å². The van der Waals surface area contributed by atoms with Gasteiger partial charge in [0.05, 0.1) is 4.92 Å². The Morgan fingerprint density at radius 2 is 2.18 bits per heavy atom. The summed E-state index contributed by atoms with van der Waals surface area (Å²) >= 11 is 0. The Morgan fingerprint density at radius 3 is 2.65 bits per heavy atom. The van der Waals surface area contributed by atoms with E-state index in [1.807, 2.05) is 0 Å². The Labute approximate surface area is 96.7 Å². The molecule has 0 N–H and O–H groups in total. The van der Waals surface area contributed by atoms with Gasteiger partial charge < -0.3 is 4.74 Å². The summed E-state index contributed by atoms with van der Waals surface area (Å²) in [4.78, 5) is 31.8. The van der Waals surface area contributed by atoms with E-state index in [4.69, 9.17) is 4.74 Å². The van der Waals surface area contributed by atoms with Crippen molar-refractivity contribution in [3.63, 3.8) is 0 Å². The molecular weight excluding hydrogens is 226 g/mol. The summed E-state index contributed by atoms with van der Waals surface area (Å²) in [5.41, 5.74) is -0.0962. The molecule has 0 aliphatic carbocycles. The molecule has 0 fully saturated rings. The molecule has 0 radical (unpaired) electrons. The molecule has 1 rings (SSSR count). The minimum Gasteiger partial charge on any atom is -0.416 e. The van der Waals surface area contributed by atoms with Crippen molar-refractivity contribution in [1.29, 1.82) is 0 Å². The average molecular weight is 235 g/mol. The molecule has 1 aromatic carbocycles. The molecule has 17 heavy (non-hydrogen) atoms. The minimum absolute atomic E-state index is 0.107. The van der Waals surface area contributed by atoms with Crippen LogP contribution in [-0.2, 0) is 4.79 Å². The Bertz CT molecular complexity index is 507. The molecule has 0 amide bonds. The van der Waals surface area contributed by atoms with Crippen molar-refractivity contribution >= 4 is 17.9 Å². The zero-order chi connectivity index (χ0) is 13.0. The van der Waals surface area contributed by atoms with Crippen LogP contribution >= 0.6 is 0 Å². The zero-order valence-electron chi connectivity index (χ0n) is 9.00. The summed E-state index contributed by atoms with van der Waals surface area (Å²) in [7, 11) is 0. The number of benzene rings is 1. The molecule has 0 aromatic heterocycles. The third kappa shape index (κ3) is 2.97. The van der Waals surface area contributed by atoms with Crippen LogP contribution in [0.25, 0.3) is 0 Å². The van der Waals surface area contributed by atoms with Crippen LogP contribution in [0.1, 0.15) is 17.3 Å². The molecule has 0 aliphatic heterocycles. The number of hydrogen-bond acceptors (Lipinski definition) is 5. The Balaban J connectivity index is 3.18. The fraction of sp³-hybridized carbons (Fsp3) is 0.0909. The average Bonchev–Trinajstić information content (AvgIpc) is 2.28. The lowest BCUT2D eigenvalue weighted by atomic mass is 10.2. The largest absolute Gasteiger partial charge is 0.416 e. The van der Waals surface area contributed by atoms with E-state index >= 15 is 0 Å². The first-order chi connectivity index (χ1) is 7.95. The van der Waals surface area contributed by atoms with Crippen molar-refractivity contribution in [3.05, 3.63) is 46.0 Å². The van der Waals surface area contributed by atoms with E-state index in [9.17, 15) is 19.7 Å². The van der Waals surface area contributed by atoms with Crippen molar-refractivity contribution in [2.45, 2.75) is 6.92 Å². The number of nitrogens with zero attached hydrogens (tertiary/aromatic N) is 1. The second-order valence-corrected chi connectivity index (χ2v) is 3.27.